The summed E-state index contributed by atoms with van der Waals surface area (Å²) in [5.41, 5.74) is 2.04. The van der Waals surface area contributed by atoms with Crippen LogP contribution < -0.4 is 0 Å². The molecular formula is C11H18FN-2. The van der Waals surface area contributed by atoms with Crippen molar-refractivity contribution in [1.29, 1.82) is 0 Å². The molecule has 0 aromatic heterocycles. The maximum absolute atomic E-state index is 12.5. The van der Waals surface area contributed by atoms with Gasteiger partial charge in [0.15, 0.2) is 0 Å². The van der Waals surface area contributed by atoms with Crippen molar-refractivity contribution in [3.63, 3.8) is 0 Å². The molecule has 2 heteroatoms. The summed E-state index contributed by atoms with van der Waals surface area (Å²) >= 11 is 0. The highest BCUT2D eigenvalue weighted by Gasteiger charge is 2.01. The molecule has 0 atom stereocenters. The Morgan fingerprint density at radius 2 is 2.08 bits per heavy atom. The Kier molecular flexibility index (Phi) is 3.67. The van der Waals surface area contributed by atoms with Gasteiger partial charge in [-0.25, -0.2) is 0 Å². The van der Waals surface area contributed by atoms with Gasteiger partial charge in [-0.3, -0.25) is 0 Å². The van der Waals surface area contributed by atoms with Gasteiger partial charge in [-0.1, -0.05) is 20.4 Å². The molecule has 0 spiro atoms. The first kappa shape index (κ1) is 10.5. The summed E-state index contributed by atoms with van der Waals surface area (Å²) in [7, 11) is 2.07. The summed E-state index contributed by atoms with van der Waals surface area (Å²) < 4.78 is 12.5. The zero-order chi connectivity index (χ0) is 9.84. The Labute approximate surface area is 80.6 Å². The third-order valence-electron chi connectivity index (χ3n) is 2.28. The first-order chi connectivity index (χ1) is 6.13. The molecule has 1 aliphatic heterocycles. The molecule has 0 saturated heterocycles. The van der Waals surface area contributed by atoms with Crippen LogP contribution in [0.4, 0.5) is 4.39 Å². The molecule has 1 heterocycles. The molecule has 0 aromatic carbocycles. The largest absolute Gasteiger partial charge is 0.348 e. The van der Waals surface area contributed by atoms with Gasteiger partial charge in [0.1, 0.15) is 0 Å². The molecule has 0 amide bonds. The summed E-state index contributed by atoms with van der Waals surface area (Å²) in [6.45, 7) is 6.86. The number of likely N-dealkylation sites (N-methyl/N-ethyl adjacent to an activating group) is 1. The molecule has 0 aromatic rings. The van der Waals surface area contributed by atoms with Crippen molar-refractivity contribution in [2.45, 2.75) is 20.3 Å². The van der Waals surface area contributed by atoms with E-state index in [0.29, 0.717) is 5.92 Å². The quantitative estimate of drug-likeness (QED) is 0.608. The maximum atomic E-state index is 12.5. The second-order valence-electron chi connectivity index (χ2n) is 4.06. The molecule has 0 bridgehead atoms. The first-order valence-corrected chi connectivity index (χ1v) is 4.82. The first-order valence-electron chi connectivity index (χ1n) is 4.82. The summed E-state index contributed by atoms with van der Waals surface area (Å²) in [6.07, 6.45) is 2.99. The summed E-state index contributed by atoms with van der Waals surface area (Å²) in [4.78, 5) is 2.22. The van der Waals surface area contributed by atoms with Gasteiger partial charge in [0.05, 0.1) is 0 Å². The molecule has 0 radical (unpaired) electrons. The fourth-order valence-corrected chi connectivity index (χ4v) is 1.63. The van der Waals surface area contributed by atoms with Crippen molar-refractivity contribution in [2.75, 3.05) is 20.1 Å². The minimum atomic E-state index is 0.497. The topological polar surface area (TPSA) is 3.24 Å². The molecule has 0 aliphatic carbocycles. The third kappa shape index (κ3) is 2.96. The molecule has 1 rings (SSSR count). The highest BCUT2D eigenvalue weighted by molar-refractivity contribution is 5.30. The summed E-state index contributed by atoms with van der Waals surface area (Å²) in [5.74, 6) is 0.497. The number of rotatable bonds is 3. The van der Waals surface area contributed by atoms with Crippen LogP contribution in [0.1, 0.15) is 20.3 Å². The lowest BCUT2D eigenvalue weighted by Crippen LogP contribution is -2.28. The molecule has 76 valence electrons. The standard InChI is InChI=1S/C11H18FN/c1-9(2)6-11-8-13(3)5-4-10(11)7-12/h6-7,9H,4-5,8H2,1-3H3/q-2. The third-order valence-corrected chi connectivity index (χ3v) is 2.28. The number of hydrogen-bond donors (Lipinski definition) is 0. The van der Waals surface area contributed by atoms with Crippen LogP contribution in [0.5, 0.6) is 0 Å². The number of hydrogen-bond acceptors (Lipinski definition) is 1. The average Bonchev–Trinajstić information content (AvgIpc) is 2.03. The lowest BCUT2D eigenvalue weighted by Gasteiger charge is -2.42. The van der Waals surface area contributed by atoms with E-state index >= 15 is 0 Å². The van der Waals surface area contributed by atoms with Gasteiger partial charge >= 0.3 is 0 Å². The molecular weight excluding hydrogens is 165 g/mol. The van der Waals surface area contributed by atoms with Crippen LogP contribution >= 0.6 is 0 Å². The van der Waals surface area contributed by atoms with Crippen molar-refractivity contribution < 1.29 is 4.39 Å². The van der Waals surface area contributed by atoms with Crippen LogP contribution in [0.25, 0.3) is 0 Å². The Balaban J connectivity index is 2.66. The molecule has 0 N–H and O–H groups in total. The van der Waals surface area contributed by atoms with Gasteiger partial charge < -0.3 is 26.9 Å². The highest BCUT2D eigenvalue weighted by atomic mass is 19.1. The van der Waals surface area contributed by atoms with Crippen molar-refractivity contribution in [2.24, 2.45) is 5.92 Å². The zero-order valence-corrected chi connectivity index (χ0v) is 8.68. The van der Waals surface area contributed by atoms with E-state index < -0.39 is 0 Å². The number of halogens is 1. The van der Waals surface area contributed by atoms with E-state index in [4.69, 9.17) is 0 Å². The fourth-order valence-electron chi connectivity index (χ4n) is 1.63. The molecule has 0 unspecified atom stereocenters. The van der Waals surface area contributed by atoms with Crippen molar-refractivity contribution in [3.05, 3.63) is 24.2 Å². The van der Waals surface area contributed by atoms with Crippen LogP contribution in [-0.4, -0.2) is 25.0 Å². The highest BCUT2D eigenvalue weighted by Crippen LogP contribution is 2.24. The van der Waals surface area contributed by atoms with Crippen LogP contribution in [0.15, 0.2) is 11.1 Å². The van der Waals surface area contributed by atoms with Gasteiger partial charge in [-0.05, 0) is 13.6 Å². The molecule has 13 heavy (non-hydrogen) atoms. The molecule has 0 fully saturated rings. The van der Waals surface area contributed by atoms with Crippen molar-refractivity contribution in [3.8, 4) is 0 Å². The lowest BCUT2D eigenvalue weighted by atomic mass is 9.94. The number of nitrogens with zero attached hydrogens (tertiary/aromatic N) is 1. The Morgan fingerprint density at radius 3 is 2.62 bits per heavy atom. The predicted octanol–water partition coefficient (Wildman–Crippen LogP) is 2.61. The Bertz CT molecular complexity index is 196. The Morgan fingerprint density at radius 1 is 1.38 bits per heavy atom. The normalized spacial score (nSPS) is 19.5. The van der Waals surface area contributed by atoms with Crippen molar-refractivity contribution >= 4 is 0 Å². The SMILES string of the molecule is CC(C)[CH-]C1=C([CH-]F)CCN(C)C1. The fraction of sp³-hybridized carbons (Fsp3) is 0.636. The van der Waals surface area contributed by atoms with Gasteiger partial charge in [-0.2, -0.15) is 0 Å². The average molecular weight is 183 g/mol. The van der Waals surface area contributed by atoms with E-state index in [-0.39, 0.29) is 0 Å². The maximum Gasteiger partial charge on any atom is -0.0148 e. The van der Waals surface area contributed by atoms with Crippen molar-refractivity contribution in [1.82, 2.24) is 4.90 Å². The zero-order valence-electron chi connectivity index (χ0n) is 8.68. The molecule has 1 aliphatic rings. The molecule has 1 nitrogen and oxygen atoms in total. The van der Waals surface area contributed by atoms with Crippen LogP contribution in [0.3, 0.4) is 0 Å². The second-order valence-corrected chi connectivity index (χ2v) is 4.06. The summed E-state index contributed by atoms with van der Waals surface area (Å²) in [5, 5.41) is 0. The van der Waals surface area contributed by atoms with Crippen LogP contribution in [0, 0.1) is 19.0 Å². The van der Waals surface area contributed by atoms with E-state index in [1.165, 1.54) is 0 Å². The van der Waals surface area contributed by atoms with Crippen LogP contribution in [-0.2, 0) is 0 Å². The lowest BCUT2D eigenvalue weighted by molar-refractivity contribution is 0.344. The van der Waals surface area contributed by atoms with Gasteiger partial charge in [0, 0.05) is 0 Å². The monoisotopic (exact) mass is 183 g/mol. The smallest absolute Gasteiger partial charge is 0.0148 e. The van der Waals surface area contributed by atoms with Crippen LogP contribution in [0.2, 0.25) is 0 Å². The van der Waals surface area contributed by atoms with Gasteiger partial charge in [0.25, 0.3) is 0 Å². The predicted molar refractivity (Wildman–Crippen MR) is 53.7 cm³/mol. The minimum Gasteiger partial charge on any atom is -0.348 e. The minimum absolute atomic E-state index is 0.497. The Hall–Kier alpha value is -0.630. The van der Waals surface area contributed by atoms with Gasteiger partial charge in [-0.15, -0.1) is 19.0 Å². The summed E-state index contributed by atoms with van der Waals surface area (Å²) in [6, 6.07) is 0. The van der Waals surface area contributed by atoms with E-state index in [9.17, 15) is 4.39 Å². The molecule has 0 saturated carbocycles. The van der Waals surface area contributed by atoms with E-state index in [0.717, 1.165) is 37.3 Å². The van der Waals surface area contributed by atoms with E-state index in [1.807, 2.05) is 0 Å². The second kappa shape index (κ2) is 4.56. The van der Waals surface area contributed by atoms with E-state index in [2.05, 4.69) is 32.2 Å². The van der Waals surface area contributed by atoms with E-state index in [1.54, 1.807) is 0 Å². The van der Waals surface area contributed by atoms with Gasteiger partial charge in [0.2, 0.25) is 0 Å².